The van der Waals surface area contributed by atoms with E-state index in [4.69, 9.17) is 9.47 Å². The highest BCUT2D eigenvalue weighted by molar-refractivity contribution is 5.90. The summed E-state index contributed by atoms with van der Waals surface area (Å²) in [5.41, 5.74) is 0.839. The minimum Gasteiger partial charge on any atom is -0.461 e. The Kier molecular flexibility index (Phi) is 4.17. The smallest absolute Gasteiger partial charge is 0.340 e. The summed E-state index contributed by atoms with van der Waals surface area (Å²) in [6, 6.07) is 13.8. The molecule has 0 amide bonds. The van der Waals surface area contributed by atoms with Gasteiger partial charge in [-0.15, -0.1) is 0 Å². The summed E-state index contributed by atoms with van der Waals surface area (Å²) in [6.45, 7) is 3.65. The zero-order chi connectivity index (χ0) is 13.8. The zero-order valence-corrected chi connectivity index (χ0v) is 11.4. The van der Waals surface area contributed by atoms with E-state index in [9.17, 15) is 4.79 Å². The van der Waals surface area contributed by atoms with E-state index in [2.05, 4.69) is 0 Å². The Balaban J connectivity index is 2.43. The lowest BCUT2D eigenvalue weighted by atomic mass is 10.0. The minimum absolute atomic E-state index is 0.153. The number of hydrogen-bond acceptors (Lipinski definition) is 3. The van der Waals surface area contributed by atoms with Gasteiger partial charge in [-0.3, -0.25) is 0 Å². The van der Waals surface area contributed by atoms with Crippen LogP contribution in [0.2, 0.25) is 0 Å². The SMILES string of the molecule is COC(C(=O)OC(C)C)c1cccc2ccccc12. The van der Waals surface area contributed by atoms with Gasteiger partial charge in [0.25, 0.3) is 0 Å². The summed E-state index contributed by atoms with van der Waals surface area (Å²) in [5.74, 6) is -0.353. The van der Waals surface area contributed by atoms with Crippen molar-refractivity contribution in [1.29, 1.82) is 0 Å². The molecule has 1 atom stereocenters. The molecule has 0 saturated heterocycles. The first-order valence-electron chi connectivity index (χ1n) is 6.34. The van der Waals surface area contributed by atoms with Gasteiger partial charge in [0.05, 0.1) is 6.10 Å². The first kappa shape index (κ1) is 13.6. The number of ether oxygens (including phenoxy) is 2. The number of benzene rings is 2. The molecule has 0 aliphatic carbocycles. The number of carbonyl (C=O) groups excluding carboxylic acids is 1. The number of hydrogen-bond donors (Lipinski definition) is 0. The molecular formula is C16H18O3. The quantitative estimate of drug-likeness (QED) is 0.788. The molecule has 0 radical (unpaired) electrons. The Bertz CT molecular complexity index is 570. The second-order valence-corrected chi connectivity index (χ2v) is 4.67. The van der Waals surface area contributed by atoms with Crippen LogP contribution in [0, 0.1) is 0 Å². The lowest BCUT2D eigenvalue weighted by molar-refractivity contribution is -0.159. The van der Waals surface area contributed by atoms with Crippen LogP contribution in [-0.4, -0.2) is 19.2 Å². The number of fused-ring (bicyclic) bond motifs is 1. The molecule has 3 heteroatoms. The molecule has 2 rings (SSSR count). The summed E-state index contributed by atoms with van der Waals surface area (Å²) < 4.78 is 10.6. The maximum absolute atomic E-state index is 12.1. The normalized spacial score (nSPS) is 12.6. The first-order valence-corrected chi connectivity index (χ1v) is 6.34. The molecule has 0 spiro atoms. The fraction of sp³-hybridized carbons (Fsp3) is 0.312. The Morgan fingerprint density at radius 2 is 1.74 bits per heavy atom. The third-order valence-corrected chi connectivity index (χ3v) is 2.91. The molecule has 1 unspecified atom stereocenters. The standard InChI is InChI=1S/C16H18O3/c1-11(2)19-16(17)15(18-3)14-10-6-8-12-7-4-5-9-13(12)14/h4-11,15H,1-3H3. The molecule has 19 heavy (non-hydrogen) atoms. The fourth-order valence-corrected chi connectivity index (χ4v) is 2.12. The second-order valence-electron chi connectivity index (χ2n) is 4.67. The van der Waals surface area contributed by atoms with Crippen LogP contribution in [0.25, 0.3) is 10.8 Å². The fourth-order valence-electron chi connectivity index (χ4n) is 2.12. The van der Waals surface area contributed by atoms with Gasteiger partial charge < -0.3 is 9.47 Å². The molecule has 0 fully saturated rings. The molecule has 0 bridgehead atoms. The number of rotatable bonds is 4. The van der Waals surface area contributed by atoms with Gasteiger partial charge in [-0.1, -0.05) is 42.5 Å². The molecule has 2 aromatic carbocycles. The molecule has 0 aliphatic rings. The lowest BCUT2D eigenvalue weighted by Crippen LogP contribution is -2.21. The zero-order valence-electron chi connectivity index (χ0n) is 11.4. The third kappa shape index (κ3) is 2.93. The van der Waals surface area contributed by atoms with Gasteiger partial charge in [-0.05, 0) is 30.2 Å². The van der Waals surface area contributed by atoms with Crippen LogP contribution in [0.15, 0.2) is 42.5 Å². The highest BCUT2D eigenvalue weighted by Gasteiger charge is 2.24. The monoisotopic (exact) mass is 258 g/mol. The van der Waals surface area contributed by atoms with Gasteiger partial charge >= 0.3 is 5.97 Å². The van der Waals surface area contributed by atoms with Crippen LogP contribution in [0.1, 0.15) is 25.5 Å². The van der Waals surface area contributed by atoms with E-state index in [1.807, 2.05) is 56.3 Å². The van der Waals surface area contributed by atoms with Gasteiger partial charge in [0.2, 0.25) is 0 Å². The van der Waals surface area contributed by atoms with Crippen molar-refractivity contribution in [2.24, 2.45) is 0 Å². The van der Waals surface area contributed by atoms with Crippen molar-refractivity contribution < 1.29 is 14.3 Å². The Labute approximate surface area is 113 Å². The van der Waals surface area contributed by atoms with Crippen molar-refractivity contribution in [3.05, 3.63) is 48.0 Å². The lowest BCUT2D eigenvalue weighted by Gasteiger charge is -2.18. The first-order chi connectivity index (χ1) is 9.13. The van der Waals surface area contributed by atoms with Crippen molar-refractivity contribution >= 4 is 16.7 Å². The van der Waals surface area contributed by atoms with Crippen LogP contribution in [0.3, 0.4) is 0 Å². The average molecular weight is 258 g/mol. The molecule has 100 valence electrons. The van der Waals surface area contributed by atoms with Gasteiger partial charge in [-0.25, -0.2) is 4.79 Å². The topological polar surface area (TPSA) is 35.5 Å². The van der Waals surface area contributed by atoms with Gasteiger partial charge in [0.1, 0.15) is 0 Å². The van der Waals surface area contributed by atoms with Gasteiger partial charge in [-0.2, -0.15) is 0 Å². The molecule has 2 aromatic rings. The van der Waals surface area contributed by atoms with E-state index in [-0.39, 0.29) is 12.1 Å². The highest BCUT2D eigenvalue weighted by atomic mass is 16.6. The molecule has 0 aliphatic heterocycles. The van der Waals surface area contributed by atoms with E-state index in [0.717, 1.165) is 16.3 Å². The molecule has 0 saturated carbocycles. The van der Waals surface area contributed by atoms with Crippen molar-refractivity contribution in [2.75, 3.05) is 7.11 Å². The van der Waals surface area contributed by atoms with Gasteiger partial charge in [0, 0.05) is 7.11 Å². The predicted molar refractivity (Wildman–Crippen MR) is 74.9 cm³/mol. The summed E-state index contributed by atoms with van der Waals surface area (Å²) in [5, 5.41) is 2.09. The van der Waals surface area contributed by atoms with E-state index in [0.29, 0.717) is 0 Å². The largest absolute Gasteiger partial charge is 0.461 e. The van der Waals surface area contributed by atoms with E-state index < -0.39 is 6.10 Å². The van der Waals surface area contributed by atoms with Crippen LogP contribution < -0.4 is 0 Å². The van der Waals surface area contributed by atoms with Crippen molar-refractivity contribution in [3.63, 3.8) is 0 Å². The highest BCUT2D eigenvalue weighted by Crippen LogP contribution is 2.27. The Hall–Kier alpha value is -1.87. The molecule has 0 heterocycles. The van der Waals surface area contributed by atoms with Crippen molar-refractivity contribution in [1.82, 2.24) is 0 Å². The van der Waals surface area contributed by atoms with Crippen molar-refractivity contribution in [2.45, 2.75) is 26.1 Å². The molecular weight excluding hydrogens is 240 g/mol. The van der Waals surface area contributed by atoms with E-state index >= 15 is 0 Å². The second kappa shape index (κ2) is 5.85. The summed E-state index contributed by atoms with van der Waals surface area (Å²) in [4.78, 5) is 12.1. The maximum Gasteiger partial charge on any atom is 0.340 e. The van der Waals surface area contributed by atoms with Crippen LogP contribution >= 0.6 is 0 Å². The molecule has 0 aromatic heterocycles. The number of esters is 1. The Morgan fingerprint density at radius 3 is 2.42 bits per heavy atom. The molecule has 3 nitrogen and oxygen atoms in total. The summed E-state index contributed by atoms with van der Waals surface area (Å²) in [7, 11) is 1.52. The van der Waals surface area contributed by atoms with Crippen LogP contribution in [-0.2, 0) is 14.3 Å². The predicted octanol–water partition coefficient (Wildman–Crippen LogP) is 3.48. The third-order valence-electron chi connectivity index (χ3n) is 2.91. The Morgan fingerprint density at radius 1 is 1.05 bits per heavy atom. The van der Waals surface area contributed by atoms with Crippen LogP contribution in [0.4, 0.5) is 0 Å². The van der Waals surface area contributed by atoms with Gasteiger partial charge in [0.15, 0.2) is 6.10 Å². The van der Waals surface area contributed by atoms with E-state index in [1.54, 1.807) is 0 Å². The van der Waals surface area contributed by atoms with Crippen molar-refractivity contribution in [3.8, 4) is 0 Å². The number of carbonyl (C=O) groups is 1. The number of methoxy groups -OCH3 is 1. The average Bonchev–Trinajstić information content (AvgIpc) is 2.39. The minimum atomic E-state index is -0.687. The summed E-state index contributed by atoms with van der Waals surface area (Å²) in [6.07, 6.45) is -0.839. The maximum atomic E-state index is 12.1. The van der Waals surface area contributed by atoms with E-state index in [1.165, 1.54) is 7.11 Å². The summed E-state index contributed by atoms with van der Waals surface area (Å²) >= 11 is 0. The molecule has 0 N–H and O–H groups in total. The van der Waals surface area contributed by atoms with Crippen LogP contribution in [0.5, 0.6) is 0 Å².